The minimum absolute atomic E-state index is 0.0265. The Balaban J connectivity index is 2.12. The molecule has 0 aliphatic rings. The van der Waals surface area contributed by atoms with Gasteiger partial charge in [0, 0.05) is 29.2 Å². The number of phenolic OH excluding ortho intramolecular Hbond substituents is 1. The number of carbonyl (C=O) groups is 1. The van der Waals surface area contributed by atoms with E-state index in [2.05, 4.69) is 20.2 Å². The van der Waals surface area contributed by atoms with Crippen molar-refractivity contribution in [2.45, 2.75) is 32.7 Å². The van der Waals surface area contributed by atoms with Crippen molar-refractivity contribution in [1.29, 1.82) is 0 Å². The van der Waals surface area contributed by atoms with Crippen LogP contribution in [0.2, 0.25) is 0 Å². The van der Waals surface area contributed by atoms with E-state index < -0.39 is 0 Å². The highest BCUT2D eigenvalue weighted by Gasteiger charge is 2.13. The number of hydrogen-bond acceptors (Lipinski definition) is 6. The van der Waals surface area contributed by atoms with Gasteiger partial charge in [0.2, 0.25) is 5.91 Å². The number of amides is 1. The number of aromatic nitrogens is 2. The molecule has 6 nitrogen and oxygen atoms in total. The second-order valence-electron chi connectivity index (χ2n) is 4.72. The second-order valence-corrected chi connectivity index (χ2v) is 5.51. The van der Waals surface area contributed by atoms with E-state index in [0.717, 1.165) is 11.4 Å². The molecule has 1 heterocycles. The van der Waals surface area contributed by atoms with E-state index in [1.807, 2.05) is 13.8 Å². The molecule has 0 radical (unpaired) electrons. The normalized spacial score (nSPS) is 11.9. The molecule has 1 atom stereocenters. The number of nitrogens with zero attached hydrogens (tertiary/aromatic N) is 2. The molecule has 0 aliphatic carbocycles. The zero-order valence-electron chi connectivity index (χ0n) is 12.0. The van der Waals surface area contributed by atoms with Crippen LogP contribution in [0.3, 0.4) is 0 Å². The molecule has 0 saturated heterocycles. The van der Waals surface area contributed by atoms with E-state index in [1.54, 1.807) is 24.4 Å². The minimum atomic E-state index is -0.129. The van der Waals surface area contributed by atoms with Gasteiger partial charge in [-0.2, -0.15) is 0 Å². The van der Waals surface area contributed by atoms with Crippen LogP contribution in [0.4, 0.5) is 10.7 Å². The summed E-state index contributed by atoms with van der Waals surface area (Å²) in [5, 5.41) is 20.6. The first kappa shape index (κ1) is 15.2. The van der Waals surface area contributed by atoms with E-state index in [-0.39, 0.29) is 17.7 Å². The first-order valence-corrected chi connectivity index (χ1v) is 7.54. The lowest BCUT2D eigenvalue weighted by Crippen LogP contribution is -2.12. The Morgan fingerprint density at radius 1 is 1.48 bits per heavy atom. The molecule has 112 valence electrons. The quantitative estimate of drug-likeness (QED) is 0.714. The number of aromatic hydroxyl groups is 1. The van der Waals surface area contributed by atoms with Crippen molar-refractivity contribution in [3.8, 4) is 5.75 Å². The molecule has 0 aliphatic heterocycles. The molecule has 21 heavy (non-hydrogen) atoms. The molecule has 0 fully saturated rings. The summed E-state index contributed by atoms with van der Waals surface area (Å²) >= 11 is 1.25. The summed E-state index contributed by atoms with van der Waals surface area (Å²) in [6.07, 6.45) is 2.91. The molecule has 1 unspecified atom stereocenters. The van der Waals surface area contributed by atoms with Crippen molar-refractivity contribution >= 4 is 28.1 Å². The second kappa shape index (κ2) is 7.03. The summed E-state index contributed by atoms with van der Waals surface area (Å²) in [7, 11) is 0. The van der Waals surface area contributed by atoms with Crippen LogP contribution in [0.25, 0.3) is 0 Å². The van der Waals surface area contributed by atoms with Crippen LogP contribution in [0, 0.1) is 0 Å². The highest BCUT2D eigenvalue weighted by atomic mass is 32.1. The van der Waals surface area contributed by atoms with E-state index in [0.29, 0.717) is 17.7 Å². The van der Waals surface area contributed by atoms with Crippen LogP contribution < -0.4 is 10.6 Å². The van der Waals surface area contributed by atoms with E-state index >= 15 is 0 Å². The van der Waals surface area contributed by atoms with Gasteiger partial charge in [0.1, 0.15) is 10.8 Å². The van der Waals surface area contributed by atoms with E-state index in [4.69, 9.17) is 0 Å². The standard InChI is InChI=1S/C14H18N4O2S/c1-3-4-13(20)17-10-5-6-12(19)11(7-10)9(2)16-14-8-15-18-21-14/h5-9,16,19H,3-4H2,1-2H3,(H,17,20). The lowest BCUT2D eigenvalue weighted by atomic mass is 10.1. The molecular weight excluding hydrogens is 288 g/mol. The van der Waals surface area contributed by atoms with Gasteiger partial charge < -0.3 is 15.7 Å². The van der Waals surface area contributed by atoms with Crippen molar-refractivity contribution in [2.24, 2.45) is 0 Å². The van der Waals surface area contributed by atoms with Gasteiger partial charge in [0.05, 0.1) is 12.2 Å². The third-order valence-electron chi connectivity index (χ3n) is 2.97. The summed E-state index contributed by atoms with van der Waals surface area (Å²) in [6.45, 7) is 3.88. The molecule has 1 aromatic carbocycles. The monoisotopic (exact) mass is 306 g/mol. The van der Waals surface area contributed by atoms with Crippen LogP contribution in [0.5, 0.6) is 5.75 Å². The lowest BCUT2D eigenvalue weighted by Gasteiger charge is -2.16. The molecule has 0 bridgehead atoms. The number of rotatable bonds is 6. The predicted molar refractivity (Wildman–Crippen MR) is 83.6 cm³/mol. The van der Waals surface area contributed by atoms with Crippen molar-refractivity contribution in [3.63, 3.8) is 0 Å². The number of carbonyl (C=O) groups excluding carboxylic acids is 1. The van der Waals surface area contributed by atoms with Gasteiger partial charge in [-0.3, -0.25) is 4.79 Å². The fraction of sp³-hybridized carbons (Fsp3) is 0.357. The first-order valence-electron chi connectivity index (χ1n) is 6.76. The summed E-state index contributed by atoms with van der Waals surface area (Å²) < 4.78 is 3.78. The Labute approximate surface area is 127 Å². The summed E-state index contributed by atoms with van der Waals surface area (Å²) in [6, 6.07) is 4.91. The molecular formula is C14H18N4O2S. The molecule has 3 N–H and O–H groups in total. The minimum Gasteiger partial charge on any atom is -0.508 e. The van der Waals surface area contributed by atoms with Crippen molar-refractivity contribution in [3.05, 3.63) is 30.0 Å². The maximum Gasteiger partial charge on any atom is 0.224 e. The third kappa shape index (κ3) is 4.16. The molecule has 2 aromatic rings. The summed E-state index contributed by atoms with van der Waals surface area (Å²) in [5.74, 6) is 0.155. The zero-order chi connectivity index (χ0) is 15.2. The number of anilines is 2. The highest BCUT2D eigenvalue weighted by molar-refractivity contribution is 7.09. The fourth-order valence-electron chi connectivity index (χ4n) is 1.95. The van der Waals surface area contributed by atoms with Crippen LogP contribution in [0.15, 0.2) is 24.4 Å². The third-order valence-corrected chi connectivity index (χ3v) is 3.57. The maximum absolute atomic E-state index is 11.6. The van der Waals surface area contributed by atoms with Crippen LogP contribution in [0.1, 0.15) is 38.3 Å². The molecule has 0 saturated carbocycles. The first-order chi connectivity index (χ1) is 10.1. The Morgan fingerprint density at radius 2 is 2.29 bits per heavy atom. The smallest absolute Gasteiger partial charge is 0.224 e. The van der Waals surface area contributed by atoms with Crippen LogP contribution in [-0.4, -0.2) is 20.6 Å². The van der Waals surface area contributed by atoms with Gasteiger partial charge in [-0.15, -0.1) is 5.10 Å². The SMILES string of the molecule is CCCC(=O)Nc1ccc(O)c(C(C)Nc2cnns2)c1. The molecule has 0 spiro atoms. The van der Waals surface area contributed by atoms with Crippen LogP contribution in [-0.2, 0) is 4.79 Å². The topological polar surface area (TPSA) is 87.1 Å². The molecule has 1 aromatic heterocycles. The Hall–Kier alpha value is -2.15. The summed E-state index contributed by atoms with van der Waals surface area (Å²) in [5.41, 5.74) is 1.38. The number of hydrogen-bond donors (Lipinski definition) is 3. The van der Waals surface area contributed by atoms with Gasteiger partial charge in [-0.25, -0.2) is 0 Å². The maximum atomic E-state index is 11.6. The van der Waals surface area contributed by atoms with Crippen molar-refractivity contribution in [2.75, 3.05) is 10.6 Å². The molecule has 2 rings (SSSR count). The van der Waals surface area contributed by atoms with Crippen molar-refractivity contribution < 1.29 is 9.90 Å². The van der Waals surface area contributed by atoms with E-state index in [9.17, 15) is 9.90 Å². The van der Waals surface area contributed by atoms with Gasteiger partial charge in [-0.1, -0.05) is 11.4 Å². The number of nitrogens with one attached hydrogen (secondary N) is 2. The fourth-order valence-corrected chi connectivity index (χ4v) is 2.46. The van der Waals surface area contributed by atoms with Gasteiger partial charge >= 0.3 is 0 Å². The highest BCUT2D eigenvalue weighted by Crippen LogP contribution is 2.30. The average molecular weight is 306 g/mol. The van der Waals surface area contributed by atoms with Crippen molar-refractivity contribution in [1.82, 2.24) is 9.59 Å². The van der Waals surface area contributed by atoms with E-state index in [1.165, 1.54) is 11.5 Å². The van der Waals surface area contributed by atoms with Crippen LogP contribution >= 0.6 is 11.5 Å². The number of phenols is 1. The summed E-state index contributed by atoms with van der Waals surface area (Å²) in [4.78, 5) is 11.6. The molecule has 7 heteroatoms. The Bertz CT molecular complexity index is 601. The van der Waals surface area contributed by atoms with Gasteiger partial charge in [-0.05, 0) is 31.5 Å². The zero-order valence-corrected chi connectivity index (χ0v) is 12.8. The Morgan fingerprint density at radius 3 is 2.95 bits per heavy atom. The largest absolute Gasteiger partial charge is 0.508 e. The lowest BCUT2D eigenvalue weighted by molar-refractivity contribution is -0.116. The molecule has 1 amide bonds. The van der Waals surface area contributed by atoms with Gasteiger partial charge in [0.25, 0.3) is 0 Å². The average Bonchev–Trinajstić information content (AvgIpc) is 2.94. The Kier molecular flexibility index (Phi) is 5.10. The van der Waals surface area contributed by atoms with Gasteiger partial charge in [0.15, 0.2) is 0 Å². The predicted octanol–water partition coefficient (Wildman–Crippen LogP) is 3.16. The number of benzene rings is 1.